The smallest absolute Gasteiger partial charge is 0.169 e. The molecule has 21 heavy (non-hydrogen) atoms. The van der Waals surface area contributed by atoms with Gasteiger partial charge in [-0.05, 0) is 43.3 Å². The molecule has 2 nitrogen and oxygen atoms in total. The third-order valence-electron chi connectivity index (χ3n) is 3.56. The number of aryl methyl sites for hydroxylation is 1. The van der Waals surface area contributed by atoms with Crippen LogP contribution in [0.15, 0.2) is 46.9 Å². The fraction of sp³-hybridized carbons (Fsp3) is 0.176. The number of para-hydroxylation sites is 1. The molecular weight excluding hydrogens is 289 g/mol. The molecule has 4 heteroatoms. The van der Waals surface area contributed by atoms with E-state index in [0.29, 0.717) is 10.8 Å². The van der Waals surface area contributed by atoms with Crippen molar-refractivity contribution in [1.82, 2.24) is 5.32 Å². The number of rotatable bonds is 3. The molecule has 1 unspecified atom stereocenters. The van der Waals surface area contributed by atoms with Crippen molar-refractivity contribution < 1.29 is 8.81 Å². The zero-order chi connectivity index (χ0) is 15.0. The van der Waals surface area contributed by atoms with Gasteiger partial charge in [0, 0.05) is 10.4 Å². The quantitative estimate of drug-likeness (QED) is 0.749. The van der Waals surface area contributed by atoms with Crippen molar-refractivity contribution in [2.24, 2.45) is 0 Å². The molecule has 0 aliphatic heterocycles. The van der Waals surface area contributed by atoms with E-state index in [1.54, 1.807) is 6.07 Å². The molecule has 2 aromatic carbocycles. The van der Waals surface area contributed by atoms with Gasteiger partial charge >= 0.3 is 0 Å². The van der Waals surface area contributed by atoms with Crippen molar-refractivity contribution in [3.63, 3.8) is 0 Å². The lowest BCUT2D eigenvalue weighted by Gasteiger charge is -2.16. The number of hydrogen-bond acceptors (Lipinski definition) is 2. The molecule has 0 saturated heterocycles. The molecular formula is C17H15ClFNO. The molecule has 108 valence electrons. The maximum absolute atomic E-state index is 13.8. The summed E-state index contributed by atoms with van der Waals surface area (Å²) in [6.45, 7) is 1.99. The molecule has 1 heterocycles. The van der Waals surface area contributed by atoms with Crippen molar-refractivity contribution in [3.8, 4) is 0 Å². The first-order valence-electron chi connectivity index (χ1n) is 6.71. The van der Waals surface area contributed by atoms with Gasteiger partial charge < -0.3 is 9.73 Å². The monoisotopic (exact) mass is 303 g/mol. The van der Waals surface area contributed by atoms with E-state index in [0.717, 1.165) is 16.5 Å². The normalized spacial score (nSPS) is 12.8. The van der Waals surface area contributed by atoms with Gasteiger partial charge in [0.05, 0.1) is 6.04 Å². The third kappa shape index (κ3) is 2.55. The minimum absolute atomic E-state index is 0.218. The van der Waals surface area contributed by atoms with Crippen molar-refractivity contribution in [2.45, 2.75) is 13.0 Å². The van der Waals surface area contributed by atoms with Crippen LogP contribution >= 0.6 is 11.6 Å². The van der Waals surface area contributed by atoms with Crippen LogP contribution in [0.1, 0.15) is 22.9 Å². The average molecular weight is 304 g/mol. The lowest BCUT2D eigenvalue weighted by Crippen LogP contribution is -2.17. The van der Waals surface area contributed by atoms with E-state index in [2.05, 4.69) is 5.32 Å². The van der Waals surface area contributed by atoms with Gasteiger partial charge in [-0.2, -0.15) is 0 Å². The molecule has 1 aromatic heterocycles. The Labute approximate surface area is 127 Å². The number of halogens is 2. The first-order valence-corrected chi connectivity index (χ1v) is 7.09. The van der Waals surface area contributed by atoms with E-state index in [-0.39, 0.29) is 17.4 Å². The van der Waals surface area contributed by atoms with E-state index < -0.39 is 0 Å². The predicted octanol–water partition coefficient (Wildman–Crippen LogP) is 4.84. The van der Waals surface area contributed by atoms with E-state index in [4.69, 9.17) is 16.0 Å². The molecule has 0 bridgehead atoms. The Morgan fingerprint density at radius 3 is 2.67 bits per heavy atom. The summed E-state index contributed by atoms with van der Waals surface area (Å²) in [5, 5.41) is 4.58. The van der Waals surface area contributed by atoms with Crippen LogP contribution in [-0.4, -0.2) is 7.05 Å². The van der Waals surface area contributed by atoms with Crippen LogP contribution < -0.4 is 5.32 Å². The van der Waals surface area contributed by atoms with Gasteiger partial charge in [-0.3, -0.25) is 0 Å². The van der Waals surface area contributed by atoms with Crippen molar-refractivity contribution in [3.05, 3.63) is 70.2 Å². The fourth-order valence-electron chi connectivity index (χ4n) is 2.51. The van der Waals surface area contributed by atoms with Crippen LogP contribution in [0, 0.1) is 12.7 Å². The van der Waals surface area contributed by atoms with E-state index >= 15 is 0 Å². The van der Waals surface area contributed by atoms with Crippen LogP contribution in [0.4, 0.5) is 4.39 Å². The van der Waals surface area contributed by atoms with Crippen molar-refractivity contribution >= 4 is 22.6 Å². The van der Waals surface area contributed by atoms with Gasteiger partial charge in [0.2, 0.25) is 0 Å². The molecule has 0 fully saturated rings. The van der Waals surface area contributed by atoms with E-state index in [9.17, 15) is 4.39 Å². The van der Waals surface area contributed by atoms with Gasteiger partial charge in [0.15, 0.2) is 11.4 Å². The average Bonchev–Trinajstić information content (AvgIpc) is 2.87. The summed E-state index contributed by atoms with van der Waals surface area (Å²) in [6, 6.07) is 12.4. The van der Waals surface area contributed by atoms with Gasteiger partial charge in [-0.25, -0.2) is 4.39 Å². The highest BCUT2D eigenvalue weighted by atomic mass is 35.5. The van der Waals surface area contributed by atoms with Crippen LogP contribution in [0.2, 0.25) is 5.02 Å². The highest BCUT2D eigenvalue weighted by Gasteiger charge is 2.20. The number of nitrogens with one attached hydrogen (secondary N) is 1. The van der Waals surface area contributed by atoms with Crippen LogP contribution in [0.3, 0.4) is 0 Å². The summed E-state index contributed by atoms with van der Waals surface area (Å²) in [5.41, 5.74) is 2.27. The lowest BCUT2D eigenvalue weighted by atomic mass is 10.0. The highest BCUT2D eigenvalue weighted by Crippen LogP contribution is 2.32. The molecule has 0 radical (unpaired) electrons. The Bertz CT molecular complexity index is 797. The SMILES string of the molecule is CNC(c1cc2cccc(F)c2o1)c1ccc(C)cc1Cl. The van der Waals surface area contributed by atoms with Gasteiger partial charge in [-0.1, -0.05) is 35.9 Å². The van der Waals surface area contributed by atoms with Gasteiger partial charge in [0.1, 0.15) is 5.76 Å². The molecule has 0 aliphatic carbocycles. The zero-order valence-electron chi connectivity index (χ0n) is 11.8. The zero-order valence-corrected chi connectivity index (χ0v) is 12.5. The number of furan rings is 1. The Kier molecular flexibility index (Phi) is 3.70. The molecule has 0 saturated carbocycles. The molecule has 0 spiro atoms. The second kappa shape index (κ2) is 5.51. The molecule has 1 N–H and O–H groups in total. The second-order valence-corrected chi connectivity index (χ2v) is 5.46. The predicted molar refractivity (Wildman–Crippen MR) is 83.3 cm³/mol. The lowest BCUT2D eigenvalue weighted by molar-refractivity contribution is 0.476. The van der Waals surface area contributed by atoms with Crippen molar-refractivity contribution in [1.29, 1.82) is 0 Å². The summed E-state index contributed by atoms with van der Waals surface area (Å²) >= 11 is 6.33. The number of hydrogen-bond donors (Lipinski definition) is 1. The Hall–Kier alpha value is -1.84. The summed E-state index contributed by atoms with van der Waals surface area (Å²) in [6.07, 6.45) is 0. The minimum atomic E-state index is -0.358. The second-order valence-electron chi connectivity index (χ2n) is 5.05. The Morgan fingerprint density at radius 1 is 1.19 bits per heavy atom. The van der Waals surface area contributed by atoms with E-state index in [1.165, 1.54) is 6.07 Å². The third-order valence-corrected chi connectivity index (χ3v) is 3.88. The Balaban J connectivity index is 2.11. The molecule has 0 amide bonds. The fourth-order valence-corrected chi connectivity index (χ4v) is 2.85. The topological polar surface area (TPSA) is 25.2 Å². The first-order chi connectivity index (χ1) is 10.1. The maximum Gasteiger partial charge on any atom is 0.169 e. The van der Waals surface area contributed by atoms with Crippen molar-refractivity contribution in [2.75, 3.05) is 7.05 Å². The van der Waals surface area contributed by atoms with E-state index in [1.807, 2.05) is 44.3 Å². The standard InChI is InChI=1S/C17H15ClFNO/c1-10-6-7-12(13(18)8-10)16(20-2)15-9-11-4-3-5-14(19)17(11)21-15/h3-9,16,20H,1-2H3. The van der Waals surface area contributed by atoms with Crippen LogP contribution in [0.25, 0.3) is 11.0 Å². The molecule has 1 atom stereocenters. The highest BCUT2D eigenvalue weighted by molar-refractivity contribution is 6.31. The largest absolute Gasteiger partial charge is 0.456 e. The van der Waals surface area contributed by atoms with Crippen LogP contribution in [-0.2, 0) is 0 Å². The van der Waals surface area contributed by atoms with Gasteiger partial charge in [0.25, 0.3) is 0 Å². The molecule has 3 rings (SSSR count). The van der Waals surface area contributed by atoms with Gasteiger partial charge in [-0.15, -0.1) is 0 Å². The van der Waals surface area contributed by atoms with Crippen LogP contribution in [0.5, 0.6) is 0 Å². The summed E-state index contributed by atoms with van der Waals surface area (Å²) in [7, 11) is 1.82. The number of fused-ring (bicyclic) bond motifs is 1. The maximum atomic E-state index is 13.8. The Morgan fingerprint density at radius 2 is 2.00 bits per heavy atom. The molecule has 3 aromatic rings. The summed E-state index contributed by atoms with van der Waals surface area (Å²) < 4.78 is 19.5. The molecule has 0 aliphatic rings. The summed E-state index contributed by atoms with van der Waals surface area (Å²) in [5.74, 6) is 0.284. The minimum Gasteiger partial charge on any atom is -0.456 e. The first kappa shape index (κ1) is 14.1. The number of benzene rings is 2. The summed E-state index contributed by atoms with van der Waals surface area (Å²) in [4.78, 5) is 0.